The Balaban J connectivity index is 3.04. The van der Waals surface area contributed by atoms with E-state index in [1.54, 1.807) is 45.0 Å². The minimum Gasteiger partial charge on any atom is -0.461 e. The smallest absolute Gasteiger partial charge is 0.355 e. The number of hydrogen-bond acceptors (Lipinski definition) is 9. The van der Waals surface area contributed by atoms with E-state index in [0.29, 0.717) is 0 Å². The van der Waals surface area contributed by atoms with Gasteiger partial charge in [-0.25, -0.2) is 9.59 Å². The summed E-state index contributed by atoms with van der Waals surface area (Å²) in [6.45, 7) is 4.59. The monoisotopic (exact) mass is 391 g/mol. The van der Waals surface area contributed by atoms with Gasteiger partial charge >= 0.3 is 11.9 Å². The van der Waals surface area contributed by atoms with Crippen LogP contribution in [0.15, 0.2) is 35.7 Å². The second-order valence-corrected chi connectivity index (χ2v) is 6.48. The molecule has 9 heteroatoms. The SMILES string of the molecule is CCOC(=O)C1=C(C(=O)OC(C)C)C(C#N)(C#N)C(C#N)(C#N)C2C=CC=CN12. The molecule has 0 spiro atoms. The Hall–Kier alpha value is -4.08. The predicted octanol–water partition coefficient (Wildman–Crippen LogP) is 1.59. The lowest BCUT2D eigenvalue weighted by atomic mass is 9.55. The van der Waals surface area contributed by atoms with Gasteiger partial charge in [0.25, 0.3) is 0 Å². The first-order chi connectivity index (χ1) is 13.8. The molecule has 2 heterocycles. The van der Waals surface area contributed by atoms with E-state index in [0.717, 1.165) is 0 Å². The summed E-state index contributed by atoms with van der Waals surface area (Å²) < 4.78 is 10.2. The number of rotatable bonds is 4. The molecule has 2 aliphatic heterocycles. The van der Waals surface area contributed by atoms with E-state index >= 15 is 0 Å². The van der Waals surface area contributed by atoms with Crippen LogP contribution in [-0.4, -0.2) is 35.6 Å². The fourth-order valence-corrected chi connectivity index (χ4v) is 3.36. The second-order valence-electron chi connectivity index (χ2n) is 6.48. The largest absolute Gasteiger partial charge is 0.461 e. The summed E-state index contributed by atoms with van der Waals surface area (Å²) in [5, 5.41) is 39.8. The zero-order valence-corrected chi connectivity index (χ0v) is 16.0. The lowest BCUT2D eigenvalue weighted by molar-refractivity contribution is -0.147. The molecule has 0 aromatic carbocycles. The lowest BCUT2D eigenvalue weighted by Gasteiger charge is -2.47. The summed E-state index contributed by atoms with van der Waals surface area (Å²) >= 11 is 0. The van der Waals surface area contributed by atoms with Crippen molar-refractivity contribution in [1.82, 2.24) is 4.90 Å². The highest BCUT2D eigenvalue weighted by atomic mass is 16.5. The molecular weight excluding hydrogens is 374 g/mol. The van der Waals surface area contributed by atoms with Crippen LogP contribution in [0.1, 0.15) is 20.8 Å². The zero-order chi connectivity index (χ0) is 21.8. The number of nitriles is 4. The highest BCUT2D eigenvalue weighted by molar-refractivity contribution is 6.03. The number of carbonyl (C=O) groups is 2. The van der Waals surface area contributed by atoms with Crippen LogP contribution in [0, 0.1) is 56.2 Å². The maximum atomic E-state index is 13.0. The van der Waals surface area contributed by atoms with Crippen LogP contribution in [0.25, 0.3) is 0 Å². The van der Waals surface area contributed by atoms with Crippen molar-refractivity contribution in [2.75, 3.05) is 6.61 Å². The molecule has 2 rings (SSSR count). The predicted molar refractivity (Wildman–Crippen MR) is 96.1 cm³/mol. The highest BCUT2D eigenvalue weighted by Gasteiger charge is 2.69. The quantitative estimate of drug-likeness (QED) is 0.650. The minimum atomic E-state index is -2.60. The van der Waals surface area contributed by atoms with Crippen molar-refractivity contribution in [3.05, 3.63) is 35.7 Å². The number of fused-ring (bicyclic) bond motifs is 1. The van der Waals surface area contributed by atoms with Gasteiger partial charge in [0.15, 0.2) is 0 Å². The summed E-state index contributed by atoms with van der Waals surface area (Å²) in [5.74, 6) is -2.13. The van der Waals surface area contributed by atoms with Crippen molar-refractivity contribution in [2.45, 2.75) is 32.9 Å². The summed E-state index contributed by atoms with van der Waals surface area (Å²) in [5.41, 5.74) is -6.01. The van der Waals surface area contributed by atoms with Gasteiger partial charge in [-0.1, -0.05) is 12.2 Å². The molecule has 0 aromatic rings. The minimum absolute atomic E-state index is 0.0410. The van der Waals surface area contributed by atoms with Gasteiger partial charge in [-0.2, -0.15) is 21.0 Å². The van der Waals surface area contributed by atoms with Crippen molar-refractivity contribution >= 4 is 11.9 Å². The maximum Gasteiger partial charge on any atom is 0.355 e. The van der Waals surface area contributed by atoms with E-state index in [9.17, 15) is 30.6 Å². The Morgan fingerprint density at radius 3 is 2.21 bits per heavy atom. The molecule has 0 aliphatic carbocycles. The molecule has 0 saturated carbocycles. The molecule has 0 saturated heterocycles. The van der Waals surface area contributed by atoms with Gasteiger partial charge < -0.3 is 14.4 Å². The molecule has 0 fully saturated rings. The third-order valence-corrected chi connectivity index (χ3v) is 4.56. The van der Waals surface area contributed by atoms with Gasteiger partial charge in [0.05, 0.1) is 43.0 Å². The third-order valence-electron chi connectivity index (χ3n) is 4.56. The van der Waals surface area contributed by atoms with Crippen molar-refractivity contribution in [3.8, 4) is 24.3 Å². The van der Waals surface area contributed by atoms with Crippen LogP contribution in [0.5, 0.6) is 0 Å². The number of carbonyl (C=O) groups excluding carboxylic acids is 2. The van der Waals surface area contributed by atoms with E-state index in [1.165, 1.54) is 29.3 Å². The Morgan fingerprint density at radius 1 is 1.10 bits per heavy atom. The Morgan fingerprint density at radius 2 is 1.72 bits per heavy atom. The summed E-state index contributed by atoms with van der Waals surface area (Å²) in [4.78, 5) is 27.0. The van der Waals surface area contributed by atoms with Crippen LogP contribution >= 0.6 is 0 Å². The molecule has 2 aliphatic rings. The van der Waals surface area contributed by atoms with Gasteiger partial charge in [0, 0.05) is 6.20 Å². The van der Waals surface area contributed by atoms with Gasteiger partial charge in [-0.05, 0) is 26.8 Å². The number of esters is 2. The first-order valence-corrected chi connectivity index (χ1v) is 8.71. The topological polar surface area (TPSA) is 151 Å². The summed E-state index contributed by atoms with van der Waals surface area (Å²) in [6, 6.07) is 5.67. The summed E-state index contributed by atoms with van der Waals surface area (Å²) in [7, 11) is 0. The molecule has 29 heavy (non-hydrogen) atoms. The average Bonchev–Trinajstić information content (AvgIpc) is 2.71. The van der Waals surface area contributed by atoms with Gasteiger partial charge in [-0.3, -0.25) is 0 Å². The fourth-order valence-electron chi connectivity index (χ4n) is 3.36. The Bertz CT molecular complexity index is 966. The normalized spacial score (nSPS) is 20.6. The highest BCUT2D eigenvalue weighted by Crippen LogP contribution is 2.54. The average molecular weight is 391 g/mol. The van der Waals surface area contributed by atoms with Gasteiger partial charge in [0.1, 0.15) is 11.3 Å². The second kappa shape index (κ2) is 7.89. The van der Waals surface area contributed by atoms with Crippen molar-refractivity contribution < 1.29 is 19.1 Å². The first-order valence-electron chi connectivity index (χ1n) is 8.71. The maximum absolute atomic E-state index is 13.0. The Kier molecular flexibility index (Phi) is 5.77. The molecule has 0 amide bonds. The molecule has 146 valence electrons. The number of allylic oxidation sites excluding steroid dienone is 2. The van der Waals surface area contributed by atoms with Crippen molar-refractivity contribution in [2.24, 2.45) is 10.8 Å². The van der Waals surface area contributed by atoms with E-state index in [2.05, 4.69) is 0 Å². The lowest BCUT2D eigenvalue weighted by Crippen LogP contribution is -2.60. The molecule has 1 unspecified atom stereocenters. The van der Waals surface area contributed by atoms with Gasteiger partial charge in [0.2, 0.25) is 10.8 Å². The van der Waals surface area contributed by atoms with E-state index in [1.807, 2.05) is 0 Å². The standard InChI is InChI=1S/C20H17N5O4/c1-4-28-18(27)16-15(17(26)29-13(2)3)20(11-23,12-24)19(9-21,10-22)14-7-5-6-8-25(14)16/h5-8,13-14H,4H2,1-3H3. The van der Waals surface area contributed by atoms with Crippen molar-refractivity contribution in [3.63, 3.8) is 0 Å². The molecule has 0 N–H and O–H groups in total. The zero-order valence-electron chi connectivity index (χ0n) is 16.0. The number of hydrogen-bond donors (Lipinski definition) is 0. The molecule has 0 radical (unpaired) electrons. The van der Waals surface area contributed by atoms with Crippen molar-refractivity contribution in [1.29, 1.82) is 21.0 Å². The van der Waals surface area contributed by atoms with E-state index in [-0.39, 0.29) is 6.61 Å². The van der Waals surface area contributed by atoms with Crippen LogP contribution in [0.3, 0.4) is 0 Å². The van der Waals surface area contributed by atoms with Crippen LogP contribution in [0.4, 0.5) is 0 Å². The molecule has 0 bridgehead atoms. The third kappa shape index (κ3) is 2.90. The van der Waals surface area contributed by atoms with Crippen LogP contribution < -0.4 is 0 Å². The fraction of sp³-hybridized carbons (Fsp3) is 0.400. The van der Waals surface area contributed by atoms with E-state index in [4.69, 9.17) is 9.47 Å². The molecule has 1 atom stereocenters. The van der Waals surface area contributed by atoms with Crippen LogP contribution in [0.2, 0.25) is 0 Å². The summed E-state index contributed by atoms with van der Waals surface area (Å²) in [6.07, 6.45) is 5.18. The van der Waals surface area contributed by atoms with Gasteiger partial charge in [-0.15, -0.1) is 0 Å². The number of ether oxygens (including phenoxy) is 2. The van der Waals surface area contributed by atoms with Crippen LogP contribution in [-0.2, 0) is 19.1 Å². The van der Waals surface area contributed by atoms with E-state index < -0.39 is 46.2 Å². The first kappa shape index (κ1) is 21.2. The molecule has 9 nitrogen and oxygen atoms in total. The Labute approximate surface area is 167 Å². The number of nitrogens with zero attached hydrogens (tertiary/aromatic N) is 5. The molecular formula is C20H17N5O4. The molecule has 0 aromatic heterocycles.